The Morgan fingerprint density at radius 1 is 1.04 bits per heavy atom. The van der Waals surface area contributed by atoms with Gasteiger partial charge in [-0.25, -0.2) is 0 Å². The van der Waals surface area contributed by atoms with E-state index < -0.39 is 0 Å². The third-order valence-corrected chi connectivity index (χ3v) is 4.74. The lowest BCUT2D eigenvalue weighted by molar-refractivity contribution is 0.228. The first kappa shape index (κ1) is 16.5. The van der Waals surface area contributed by atoms with Gasteiger partial charge in [-0.05, 0) is 60.8 Å². The summed E-state index contributed by atoms with van der Waals surface area (Å²) in [6.45, 7) is 0.912. The first-order valence-electron chi connectivity index (χ1n) is 7.99. The summed E-state index contributed by atoms with van der Waals surface area (Å²) in [6.07, 6.45) is 1.65. The van der Waals surface area contributed by atoms with Crippen molar-refractivity contribution < 1.29 is 19.7 Å². The van der Waals surface area contributed by atoms with Crippen molar-refractivity contribution in [1.29, 1.82) is 0 Å². The summed E-state index contributed by atoms with van der Waals surface area (Å²) in [5.74, 6) is 1.30. The van der Waals surface area contributed by atoms with E-state index in [1.54, 1.807) is 26.4 Å². The molecule has 0 bridgehead atoms. The zero-order valence-corrected chi connectivity index (χ0v) is 14.2. The second-order valence-electron chi connectivity index (χ2n) is 6.18. The van der Waals surface area contributed by atoms with E-state index in [1.807, 2.05) is 18.2 Å². The lowest BCUT2D eigenvalue weighted by Gasteiger charge is -2.35. The van der Waals surface area contributed by atoms with Gasteiger partial charge in [0.15, 0.2) is 23.0 Å². The summed E-state index contributed by atoms with van der Waals surface area (Å²) < 4.78 is 10.7. The number of methoxy groups -OCH3 is 2. The lowest BCUT2D eigenvalue weighted by Crippen LogP contribution is -2.33. The topological polar surface area (TPSA) is 62.2 Å². The summed E-state index contributed by atoms with van der Waals surface area (Å²) in [6, 6.07) is 9.43. The number of rotatable bonds is 4. The predicted octanol–water partition coefficient (Wildman–Crippen LogP) is 2.89. The van der Waals surface area contributed by atoms with Crippen molar-refractivity contribution in [1.82, 2.24) is 4.90 Å². The van der Waals surface area contributed by atoms with Gasteiger partial charge < -0.3 is 19.7 Å². The molecule has 1 aliphatic heterocycles. The SMILES string of the molecule is COc1ccc(C[C@@H]2c3cc(O)c(O)cc3CCN2C)cc1OC. The van der Waals surface area contributed by atoms with E-state index in [0.29, 0.717) is 11.5 Å². The maximum atomic E-state index is 9.89. The van der Waals surface area contributed by atoms with Gasteiger partial charge >= 0.3 is 0 Å². The van der Waals surface area contributed by atoms with Crippen LogP contribution < -0.4 is 9.47 Å². The molecule has 5 nitrogen and oxygen atoms in total. The maximum Gasteiger partial charge on any atom is 0.160 e. The van der Waals surface area contributed by atoms with Crippen LogP contribution in [0.2, 0.25) is 0 Å². The summed E-state index contributed by atoms with van der Waals surface area (Å²) in [4.78, 5) is 2.27. The molecule has 3 rings (SSSR count). The Hall–Kier alpha value is -2.40. The fourth-order valence-corrected chi connectivity index (χ4v) is 3.35. The quantitative estimate of drug-likeness (QED) is 0.845. The molecule has 1 aliphatic rings. The van der Waals surface area contributed by atoms with Crippen LogP contribution in [0.5, 0.6) is 23.0 Å². The van der Waals surface area contributed by atoms with Crippen molar-refractivity contribution >= 4 is 0 Å². The number of phenols is 2. The van der Waals surface area contributed by atoms with Crippen LogP contribution in [0, 0.1) is 0 Å². The van der Waals surface area contributed by atoms with Gasteiger partial charge in [0.1, 0.15) is 0 Å². The smallest absolute Gasteiger partial charge is 0.160 e. The molecule has 1 heterocycles. The Labute approximate surface area is 142 Å². The largest absolute Gasteiger partial charge is 0.504 e. The highest BCUT2D eigenvalue weighted by atomic mass is 16.5. The fraction of sp³-hybridized carbons (Fsp3) is 0.368. The van der Waals surface area contributed by atoms with E-state index in [4.69, 9.17) is 9.47 Å². The molecule has 2 N–H and O–H groups in total. The Morgan fingerprint density at radius 3 is 2.46 bits per heavy atom. The Balaban J connectivity index is 1.94. The van der Waals surface area contributed by atoms with Crippen LogP contribution in [0.25, 0.3) is 0 Å². The molecule has 0 saturated carbocycles. The molecular weight excluding hydrogens is 306 g/mol. The van der Waals surface area contributed by atoms with E-state index in [2.05, 4.69) is 11.9 Å². The molecule has 0 radical (unpaired) electrons. The van der Waals surface area contributed by atoms with E-state index >= 15 is 0 Å². The van der Waals surface area contributed by atoms with Crippen LogP contribution in [0.3, 0.4) is 0 Å². The number of fused-ring (bicyclic) bond motifs is 1. The van der Waals surface area contributed by atoms with Crippen molar-refractivity contribution in [3.63, 3.8) is 0 Å². The minimum absolute atomic E-state index is 0.0526. The van der Waals surface area contributed by atoms with Crippen LogP contribution in [-0.4, -0.2) is 42.9 Å². The average molecular weight is 329 g/mol. The number of likely N-dealkylation sites (N-methyl/N-ethyl adjacent to an activating group) is 1. The van der Waals surface area contributed by atoms with Gasteiger partial charge in [0, 0.05) is 12.6 Å². The molecule has 5 heteroatoms. The third-order valence-electron chi connectivity index (χ3n) is 4.74. The molecule has 0 saturated heterocycles. The standard InChI is InChI=1S/C19H23NO4/c1-20-7-6-13-10-16(21)17(22)11-14(13)15(20)8-12-4-5-18(23-2)19(9-12)24-3/h4-5,9-11,15,21-22H,6-8H2,1-3H3/t15-/m1/s1. The normalized spacial score (nSPS) is 17.4. The number of ether oxygens (including phenoxy) is 2. The zero-order chi connectivity index (χ0) is 17.3. The molecule has 0 spiro atoms. The third kappa shape index (κ3) is 2.99. The van der Waals surface area contributed by atoms with Crippen LogP contribution in [0.4, 0.5) is 0 Å². The minimum atomic E-state index is -0.0682. The molecule has 0 unspecified atom stereocenters. The molecule has 1 atom stereocenters. The van der Waals surface area contributed by atoms with E-state index in [-0.39, 0.29) is 17.5 Å². The molecule has 0 fully saturated rings. The molecule has 24 heavy (non-hydrogen) atoms. The van der Waals surface area contributed by atoms with E-state index in [0.717, 1.165) is 36.1 Å². The van der Waals surface area contributed by atoms with Crippen LogP contribution in [0.1, 0.15) is 22.7 Å². The second kappa shape index (κ2) is 6.61. The average Bonchev–Trinajstić information content (AvgIpc) is 2.59. The number of nitrogens with zero attached hydrogens (tertiary/aromatic N) is 1. The highest BCUT2D eigenvalue weighted by Crippen LogP contribution is 2.38. The van der Waals surface area contributed by atoms with Gasteiger partial charge in [-0.15, -0.1) is 0 Å². The van der Waals surface area contributed by atoms with Crippen molar-refractivity contribution in [2.75, 3.05) is 27.8 Å². The van der Waals surface area contributed by atoms with Gasteiger partial charge in [-0.1, -0.05) is 6.07 Å². The summed E-state index contributed by atoms with van der Waals surface area (Å²) in [5.41, 5.74) is 3.28. The van der Waals surface area contributed by atoms with Crippen molar-refractivity contribution in [2.45, 2.75) is 18.9 Å². The highest BCUT2D eigenvalue weighted by Gasteiger charge is 2.26. The Morgan fingerprint density at radius 2 is 1.75 bits per heavy atom. The van der Waals surface area contributed by atoms with Crippen molar-refractivity contribution in [2.24, 2.45) is 0 Å². The molecule has 0 aromatic heterocycles. The first-order valence-corrected chi connectivity index (χ1v) is 7.99. The molecule has 2 aromatic rings. The number of aromatic hydroxyl groups is 2. The zero-order valence-electron chi connectivity index (χ0n) is 14.2. The molecule has 0 amide bonds. The molecular formula is C19H23NO4. The number of phenolic OH excluding ortho intramolecular Hbond substituents is 2. The van der Waals surface area contributed by atoms with E-state index in [9.17, 15) is 10.2 Å². The van der Waals surface area contributed by atoms with Gasteiger partial charge in [-0.3, -0.25) is 4.90 Å². The second-order valence-corrected chi connectivity index (χ2v) is 6.18. The molecule has 2 aromatic carbocycles. The van der Waals surface area contributed by atoms with Crippen LogP contribution in [-0.2, 0) is 12.8 Å². The van der Waals surface area contributed by atoms with Crippen LogP contribution >= 0.6 is 0 Å². The maximum absolute atomic E-state index is 9.89. The van der Waals surface area contributed by atoms with Gasteiger partial charge in [0.2, 0.25) is 0 Å². The summed E-state index contributed by atoms with van der Waals surface area (Å²) in [5, 5.41) is 19.6. The Bertz CT molecular complexity index is 744. The van der Waals surface area contributed by atoms with Gasteiger partial charge in [0.05, 0.1) is 14.2 Å². The van der Waals surface area contributed by atoms with Crippen LogP contribution in [0.15, 0.2) is 30.3 Å². The summed E-state index contributed by atoms with van der Waals surface area (Å²) in [7, 11) is 5.33. The molecule has 0 aliphatic carbocycles. The first-order chi connectivity index (χ1) is 11.5. The fourth-order valence-electron chi connectivity index (χ4n) is 3.35. The number of benzene rings is 2. The minimum Gasteiger partial charge on any atom is -0.504 e. The van der Waals surface area contributed by atoms with Gasteiger partial charge in [0.25, 0.3) is 0 Å². The Kier molecular flexibility index (Phi) is 4.53. The highest BCUT2D eigenvalue weighted by molar-refractivity contribution is 5.49. The number of hydrogen-bond donors (Lipinski definition) is 2. The lowest BCUT2D eigenvalue weighted by atomic mass is 9.88. The summed E-state index contributed by atoms with van der Waals surface area (Å²) >= 11 is 0. The number of hydrogen-bond acceptors (Lipinski definition) is 5. The monoisotopic (exact) mass is 329 g/mol. The predicted molar refractivity (Wildman–Crippen MR) is 92.1 cm³/mol. The van der Waals surface area contributed by atoms with Crippen molar-refractivity contribution in [3.8, 4) is 23.0 Å². The van der Waals surface area contributed by atoms with Crippen molar-refractivity contribution in [3.05, 3.63) is 47.0 Å². The van der Waals surface area contributed by atoms with E-state index in [1.165, 1.54) is 0 Å². The van der Waals surface area contributed by atoms with Gasteiger partial charge in [-0.2, -0.15) is 0 Å². The molecule has 128 valence electrons.